The molecule has 0 aromatic heterocycles. The molecule has 0 amide bonds. The van der Waals surface area contributed by atoms with Gasteiger partial charge in [-0.3, -0.25) is 14.7 Å². The molecule has 0 saturated carbocycles. The van der Waals surface area contributed by atoms with E-state index in [1.54, 1.807) is 42.5 Å². The molecule has 0 aliphatic rings. The lowest BCUT2D eigenvalue weighted by atomic mass is 10.1. The zero-order valence-corrected chi connectivity index (χ0v) is 11.9. The predicted octanol–water partition coefficient (Wildman–Crippen LogP) is 2.95. The van der Waals surface area contributed by atoms with Gasteiger partial charge >= 0.3 is 10.4 Å². The van der Waals surface area contributed by atoms with Gasteiger partial charge in [0.05, 0.1) is 4.92 Å². The van der Waals surface area contributed by atoms with Crippen LogP contribution in [0.2, 0.25) is 0 Å². The molecule has 0 fully saturated rings. The van der Waals surface area contributed by atoms with Crippen LogP contribution in [0.25, 0.3) is 12.2 Å². The normalized spacial score (nSPS) is 11.5. The van der Waals surface area contributed by atoms with Crippen LogP contribution < -0.4 is 4.18 Å². The van der Waals surface area contributed by atoms with E-state index in [-0.39, 0.29) is 11.4 Å². The van der Waals surface area contributed by atoms with Gasteiger partial charge in [-0.15, -0.1) is 0 Å². The number of non-ortho nitro benzene ring substituents is 1. The maximum Gasteiger partial charge on any atom is 0.446 e. The van der Waals surface area contributed by atoms with Crippen molar-refractivity contribution in [2.24, 2.45) is 0 Å². The maximum absolute atomic E-state index is 10.8. The van der Waals surface area contributed by atoms with Crippen molar-refractivity contribution in [2.45, 2.75) is 0 Å². The Morgan fingerprint density at radius 3 is 2.27 bits per heavy atom. The number of para-hydroxylation sites is 1. The first kappa shape index (κ1) is 15.7. The van der Waals surface area contributed by atoms with Crippen molar-refractivity contribution in [2.75, 3.05) is 0 Å². The van der Waals surface area contributed by atoms with Crippen molar-refractivity contribution in [1.82, 2.24) is 0 Å². The Labute approximate surface area is 126 Å². The van der Waals surface area contributed by atoms with Gasteiger partial charge in [0, 0.05) is 17.7 Å². The van der Waals surface area contributed by atoms with Gasteiger partial charge in [0.1, 0.15) is 0 Å². The fourth-order valence-electron chi connectivity index (χ4n) is 1.70. The van der Waals surface area contributed by atoms with Crippen LogP contribution in [0.5, 0.6) is 5.75 Å². The molecule has 2 aromatic carbocycles. The minimum absolute atomic E-state index is 0.0211. The van der Waals surface area contributed by atoms with Gasteiger partial charge in [-0.1, -0.05) is 30.4 Å². The average Bonchev–Trinajstić information content (AvgIpc) is 2.45. The second-order valence-corrected chi connectivity index (χ2v) is 5.25. The molecular formula is C14H11NO6S. The molecule has 0 radical (unpaired) electrons. The zero-order valence-electron chi connectivity index (χ0n) is 11.1. The first-order valence-corrected chi connectivity index (χ1v) is 7.40. The van der Waals surface area contributed by atoms with Crippen molar-refractivity contribution in [3.05, 3.63) is 69.8 Å². The fourth-order valence-corrected chi connectivity index (χ4v) is 2.08. The molecule has 2 rings (SSSR count). The molecule has 0 unspecified atom stereocenters. The van der Waals surface area contributed by atoms with E-state index < -0.39 is 15.3 Å². The quantitative estimate of drug-likeness (QED) is 0.393. The number of hydrogen-bond acceptors (Lipinski definition) is 5. The largest absolute Gasteiger partial charge is 0.446 e. The molecule has 0 heterocycles. The van der Waals surface area contributed by atoms with E-state index in [1.807, 2.05) is 0 Å². The van der Waals surface area contributed by atoms with Gasteiger partial charge in [-0.2, -0.15) is 8.42 Å². The lowest BCUT2D eigenvalue weighted by Gasteiger charge is -2.04. The monoisotopic (exact) mass is 321 g/mol. The maximum atomic E-state index is 10.8. The first-order chi connectivity index (χ1) is 10.3. The van der Waals surface area contributed by atoms with Crippen molar-refractivity contribution in [3.8, 4) is 5.75 Å². The van der Waals surface area contributed by atoms with Crippen molar-refractivity contribution >= 4 is 28.2 Å². The Hall–Kier alpha value is -2.71. The third-order valence-electron chi connectivity index (χ3n) is 2.67. The van der Waals surface area contributed by atoms with Crippen LogP contribution >= 0.6 is 0 Å². The van der Waals surface area contributed by atoms with Crippen LogP contribution in [0.15, 0.2) is 48.5 Å². The molecule has 2 aromatic rings. The van der Waals surface area contributed by atoms with Crippen LogP contribution in [0, 0.1) is 10.1 Å². The lowest BCUT2D eigenvalue weighted by molar-refractivity contribution is -0.384. The van der Waals surface area contributed by atoms with E-state index in [4.69, 9.17) is 4.55 Å². The summed E-state index contributed by atoms with van der Waals surface area (Å²) < 4.78 is 34.7. The molecule has 0 aliphatic carbocycles. The van der Waals surface area contributed by atoms with E-state index in [0.717, 1.165) is 0 Å². The van der Waals surface area contributed by atoms with E-state index >= 15 is 0 Å². The van der Waals surface area contributed by atoms with Crippen LogP contribution in [-0.4, -0.2) is 17.9 Å². The zero-order chi connectivity index (χ0) is 16.2. The number of nitro benzene ring substituents is 1. The summed E-state index contributed by atoms with van der Waals surface area (Å²) in [6, 6.07) is 12.1. The Kier molecular flexibility index (Phi) is 4.54. The topological polar surface area (TPSA) is 107 Å². The summed E-state index contributed by atoms with van der Waals surface area (Å²) in [6.07, 6.45) is 3.21. The Bertz CT molecular complexity index is 811. The van der Waals surface area contributed by atoms with Crippen molar-refractivity contribution in [3.63, 3.8) is 0 Å². The number of nitro groups is 1. The highest BCUT2D eigenvalue weighted by atomic mass is 32.3. The molecule has 114 valence electrons. The minimum Gasteiger partial charge on any atom is -0.361 e. The highest BCUT2D eigenvalue weighted by Gasteiger charge is 2.09. The second kappa shape index (κ2) is 6.37. The summed E-state index contributed by atoms with van der Waals surface area (Å²) >= 11 is 0. The van der Waals surface area contributed by atoms with E-state index in [9.17, 15) is 18.5 Å². The summed E-state index contributed by atoms with van der Waals surface area (Å²) in [7, 11) is -4.61. The van der Waals surface area contributed by atoms with Gasteiger partial charge in [0.15, 0.2) is 5.75 Å². The number of rotatable bonds is 5. The highest BCUT2D eigenvalue weighted by Crippen LogP contribution is 2.22. The van der Waals surface area contributed by atoms with Gasteiger partial charge in [0.25, 0.3) is 5.69 Å². The number of hydrogen-bond donors (Lipinski definition) is 1. The molecule has 0 spiro atoms. The number of benzene rings is 2. The molecule has 8 heteroatoms. The molecule has 0 saturated heterocycles. The molecule has 0 atom stereocenters. The third-order valence-corrected chi connectivity index (χ3v) is 3.06. The second-order valence-electron chi connectivity index (χ2n) is 4.23. The van der Waals surface area contributed by atoms with Gasteiger partial charge < -0.3 is 4.18 Å². The Morgan fingerprint density at radius 2 is 1.68 bits per heavy atom. The smallest absolute Gasteiger partial charge is 0.361 e. The molecule has 0 aliphatic heterocycles. The fraction of sp³-hybridized carbons (Fsp3) is 0. The lowest BCUT2D eigenvalue weighted by Crippen LogP contribution is -2.07. The Morgan fingerprint density at radius 1 is 1.05 bits per heavy atom. The van der Waals surface area contributed by atoms with Crippen LogP contribution in [-0.2, 0) is 10.4 Å². The minimum atomic E-state index is -4.61. The summed E-state index contributed by atoms with van der Waals surface area (Å²) in [4.78, 5) is 10.1. The SMILES string of the molecule is O=[N+]([O-])c1ccc(C=Cc2ccccc2OS(=O)(=O)O)cc1. The van der Waals surface area contributed by atoms with E-state index in [2.05, 4.69) is 4.18 Å². The van der Waals surface area contributed by atoms with E-state index in [1.165, 1.54) is 18.2 Å². The molecular weight excluding hydrogens is 310 g/mol. The Balaban J connectivity index is 2.25. The van der Waals surface area contributed by atoms with Crippen LogP contribution in [0.3, 0.4) is 0 Å². The predicted molar refractivity (Wildman–Crippen MR) is 80.6 cm³/mol. The number of nitrogens with zero attached hydrogens (tertiary/aromatic N) is 1. The van der Waals surface area contributed by atoms with E-state index in [0.29, 0.717) is 11.1 Å². The molecule has 7 nitrogen and oxygen atoms in total. The summed E-state index contributed by atoms with van der Waals surface area (Å²) in [5.41, 5.74) is 1.10. The van der Waals surface area contributed by atoms with Gasteiger partial charge in [-0.25, -0.2) is 0 Å². The summed E-state index contributed by atoms with van der Waals surface area (Å²) in [5, 5.41) is 10.6. The van der Waals surface area contributed by atoms with Crippen molar-refractivity contribution < 1.29 is 22.1 Å². The van der Waals surface area contributed by atoms with Crippen molar-refractivity contribution in [1.29, 1.82) is 0 Å². The first-order valence-electron chi connectivity index (χ1n) is 6.03. The van der Waals surface area contributed by atoms with Gasteiger partial charge in [0.2, 0.25) is 0 Å². The standard InChI is InChI=1S/C14H11NO6S/c16-15(17)13-9-6-11(7-10-13)5-8-12-3-1-2-4-14(12)21-22(18,19)20/h1-10H,(H,18,19,20). The van der Waals surface area contributed by atoms with Crippen LogP contribution in [0.4, 0.5) is 5.69 Å². The van der Waals surface area contributed by atoms with Crippen LogP contribution in [0.1, 0.15) is 11.1 Å². The molecule has 0 bridgehead atoms. The summed E-state index contributed by atoms with van der Waals surface area (Å²) in [6.45, 7) is 0. The summed E-state index contributed by atoms with van der Waals surface area (Å²) in [5.74, 6) is -0.0249. The van der Waals surface area contributed by atoms with Gasteiger partial charge in [-0.05, 0) is 23.8 Å². The molecule has 22 heavy (non-hydrogen) atoms. The highest BCUT2D eigenvalue weighted by molar-refractivity contribution is 7.81. The third kappa shape index (κ3) is 4.40. The molecule has 1 N–H and O–H groups in total. The average molecular weight is 321 g/mol.